The summed E-state index contributed by atoms with van der Waals surface area (Å²) < 4.78 is 11.1. The number of benzene rings is 1. The molecule has 1 aromatic carbocycles. The Morgan fingerprint density at radius 1 is 1.38 bits per heavy atom. The molecule has 3 rings (SSSR count). The summed E-state index contributed by atoms with van der Waals surface area (Å²) in [6.07, 6.45) is 5.77. The number of carbonyl (C=O) groups is 1. The standard InChI is InChI=1S/C19H28N2O3/c1-20(13-17-7-3-4-11-24-17)14-19(22)21-10-5-6-15-12-16(23-2)8-9-18(15)21/h8-9,12,17H,3-7,10-11,13-14H2,1-2H3. The van der Waals surface area contributed by atoms with E-state index in [0.29, 0.717) is 6.54 Å². The van der Waals surface area contributed by atoms with Crippen LogP contribution < -0.4 is 9.64 Å². The van der Waals surface area contributed by atoms with E-state index in [1.54, 1.807) is 7.11 Å². The lowest BCUT2D eigenvalue weighted by Crippen LogP contribution is -2.44. The van der Waals surface area contributed by atoms with E-state index in [-0.39, 0.29) is 12.0 Å². The molecule has 1 aromatic rings. The van der Waals surface area contributed by atoms with E-state index < -0.39 is 0 Å². The molecule has 1 saturated heterocycles. The van der Waals surface area contributed by atoms with Crippen LogP contribution >= 0.6 is 0 Å². The number of carbonyl (C=O) groups excluding carboxylic acids is 1. The van der Waals surface area contributed by atoms with Gasteiger partial charge in [0.15, 0.2) is 0 Å². The molecule has 2 heterocycles. The lowest BCUT2D eigenvalue weighted by atomic mass is 10.0. The highest BCUT2D eigenvalue weighted by Crippen LogP contribution is 2.30. The van der Waals surface area contributed by atoms with Gasteiger partial charge >= 0.3 is 0 Å². The summed E-state index contributed by atoms with van der Waals surface area (Å²) in [6, 6.07) is 5.99. The first-order valence-corrected chi connectivity index (χ1v) is 8.95. The molecule has 1 fully saturated rings. The quantitative estimate of drug-likeness (QED) is 0.831. The van der Waals surface area contributed by atoms with E-state index in [1.807, 2.05) is 30.1 Å². The fourth-order valence-electron chi connectivity index (χ4n) is 3.64. The van der Waals surface area contributed by atoms with E-state index in [9.17, 15) is 4.79 Å². The fraction of sp³-hybridized carbons (Fsp3) is 0.632. The molecular formula is C19H28N2O3. The number of anilines is 1. The van der Waals surface area contributed by atoms with Gasteiger partial charge in [0.2, 0.25) is 5.91 Å². The summed E-state index contributed by atoms with van der Waals surface area (Å²) in [4.78, 5) is 16.8. The summed E-state index contributed by atoms with van der Waals surface area (Å²) in [5.74, 6) is 1.02. The smallest absolute Gasteiger partial charge is 0.241 e. The van der Waals surface area contributed by atoms with Crippen LogP contribution in [0.15, 0.2) is 18.2 Å². The Hall–Kier alpha value is -1.59. The van der Waals surface area contributed by atoms with Gasteiger partial charge in [-0.2, -0.15) is 0 Å². The van der Waals surface area contributed by atoms with Crippen LogP contribution in [-0.2, 0) is 16.0 Å². The van der Waals surface area contributed by atoms with Crippen molar-refractivity contribution in [2.45, 2.75) is 38.2 Å². The van der Waals surface area contributed by atoms with Crippen LogP contribution in [0.3, 0.4) is 0 Å². The number of ether oxygens (including phenoxy) is 2. The van der Waals surface area contributed by atoms with Crippen molar-refractivity contribution < 1.29 is 14.3 Å². The molecule has 0 aromatic heterocycles. The number of nitrogens with zero attached hydrogens (tertiary/aromatic N) is 2. The monoisotopic (exact) mass is 332 g/mol. The molecule has 24 heavy (non-hydrogen) atoms. The normalized spacial score (nSPS) is 20.8. The highest BCUT2D eigenvalue weighted by atomic mass is 16.5. The molecule has 0 spiro atoms. The molecule has 1 atom stereocenters. The van der Waals surface area contributed by atoms with E-state index in [2.05, 4.69) is 4.90 Å². The van der Waals surface area contributed by atoms with Crippen molar-refractivity contribution in [2.24, 2.45) is 0 Å². The third-order valence-electron chi connectivity index (χ3n) is 4.90. The van der Waals surface area contributed by atoms with E-state index in [4.69, 9.17) is 9.47 Å². The Labute approximate surface area is 144 Å². The average Bonchev–Trinajstić information content (AvgIpc) is 2.61. The molecule has 0 radical (unpaired) electrons. The summed E-state index contributed by atoms with van der Waals surface area (Å²) in [5.41, 5.74) is 2.24. The summed E-state index contributed by atoms with van der Waals surface area (Å²) in [5, 5.41) is 0. The molecule has 2 aliphatic rings. The number of rotatable bonds is 5. The van der Waals surface area contributed by atoms with Crippen molar-refractivity contribution in [1.82, 2.24) is 4.90 Å². The summed E-state index contributed by atoms with van der Waals surface area (Å²) in [7, 11) is 3.69. The minimum Gasteiger partial charge on any atom is -0.497 e. The Bertz CT molecular complexity index is 570. The van der Waals surface area contributed by atoms with Gasteiger partial charge in [0.05, 0.1) is 19.8 Å². The molecule has 0 N–H and O–H groups in total. The number of fused-ring (bicyclic) bond motifs is 1. The van der Waals surface area contributed by atoms with Gasteiger partial charge < -0.3 is 14.4 Å². The highest BCUT2D eigenvalue weighted by Gasteiger charge is 2.24. The first-order valence-electron chi connectivity index (χ1n) is 8.95. The van der Waals surface area contributed by atoms with E-state index in [0.717, 1.165) is 56.8 Å². The van der Waals surface area contributed by atoms with Gasteiger partial charge in [0.1, 0.15) is 5.75 Å². The predicted molar refractivity (Wildman–Crippen MR) is 94.8 cm³/mol. The number of hydrogen-bond donors (Lipinski definition) is 0. The third kappa shape index (κ3) is 4.08. The van der Waals surface area contributed by atoms with Gasteiger partial charge in [-0.15, -0.1) is 0 Å². The molecule has 5 nitrogen and oxygen atoms in total. The third-order valence-corrected chi connectivity index (χ3v) is 4.90. The lowest BCUT2D eigenvalue weighted by molar-refractivity contribution is -0.120. The minimum absolute atomic E-state index is 0.166. The van der Waals surface area contributed by atoms with Gasteiger partial charge in [-0.1, -0.05) is 0 Å². The van der Waals surface area contributed by atoms with Crippen LogP contribution in [0.2, 0.25) is 0 Å². The maximum Gasteiger partial charge on any atom is 0.241 e. The summed E-state index contributed by atoms with van der Waals surface area (Å²) in [6.45, 7) is 2.92. The van der Waals surface area contributed by atoms with Crippen LogP contribution in [0.1, 0.15) is 31.2 Å². The minimum atomic E-state index is 0.166. The largest absolute Gasteiger partial charge is 0.497 e. The molecule has 0 aliphatic carbocycles. The number of hydrogen-bond acceptors (Lipinski definition) is 4. The fourth-order valence-corrected chi connectivity index (χ4v) is 3.64. The molecule has 0 bridgehead atoms. The van der Waals surface area contributed by atoms with Crippen LogP contribution in [0, 0.1) is 0 Å². The molecule has 2 aliphatic heterocycles. The number of likely N-dealkylation sites (N-methyl/N-ethyl adjacent to an activating group) is 1. The van der Waals surface area contributed by atoms with Crippen LogP contribution in [0.25, 0.3) is 0 Å². The first kappa shape index (κ1) is 17.2. The van der Waals surface area contributed by atoms with Gasteiger partial charge in [-0.25, -0.2) is 0 Å². The Balaban J connectivity index is 1.61. The van der Waals surface area contributed by atoms with Crippen LogP contribution in [0.5, 0.6) is 5.75 Å². The van der Waals surface area contributed by atoms with Crippen molar-refractivity contribution in [3.8, 4) is 5.75 Å². The van der Waals surface area contributed by atoms with Crippen molar-refractivity contribution in [2.75, 3.05) is 45.3 Å². The van der Waals surface area contributed by atoms with Crippen molar-refractivity contribution in [1.29, 1.82) is 0 Å². The van der Waals surface area contributed by atoms with E-state index in [1.165, 1.54) is 12.0 Å². The number of methoxy groups -OCH3 is 1. The lowest BCUT2D eigenvalue weighted by Gasteiger charge is -2.32. The zero-order valence-electron chi connectivity index (χ0n) is 14.8. The Kier molecular flexibility index (Phi) is 5.74. The second-order valence-electron chi connectivity index (χ2n) is 6.83. The van der Waals surface area contributed by atoms with Gasteiger partial charge in [-0.3, -0.25) is 9.69 Å². The average molecular weight is 332 g/mol. The van der Waals surface area contributed by atoms with Crippen molar-refractivity contribution in [3.63, 3.8) is 0 Å². The Morgan fingerprint density at radius 2 is 2.25 bits per heavy atom. The van der Waals surface area contributed by atoms with Gasteiger partial charge in [0, 0.05) is 25.4 Å². The SMILES string of the molecule is COc1ccc2c(c1)CCCN2C(=O)CN(C)CC1CCCCO1. The van der Waals surface area contributed by atoms with E-state index >= 15 is 0 Å². The number of amides is 1. The molecule has 132 valence electrons. The second-order valence-corrected chi connectivity index (χ2v) is 6.83. The maximum absolute atomic E-state index is 12.8. The topological polar surface area (TPSA) is 42.0 Å². The first-order chi connectivity index (χ1) is 11.7. The van der Waals surface area contributed by atoms with Gasteiger partial charge in [0.25, 0.3) is 0 Å². The molecule has 1 amide bonds. The Morgan fingerprint density at radius 3 is 3.00 bits per heavy atom. The zero-order valence-corrected chi connectivity index (χ0v) is 14.8. The predicted octanol–water partition coefficient (Wildman–Crippen LogP) is 2.48. The molecule has 0 saturated carbocycles. The zero-order chi connectivity index (χ0) is 16.9. The molecule has 5 heteroatoms. The maximum atomic E-state index is 12.8. The van der Waals surface area contributed by atoms with Crippen LogP contribution in [-0.4, -0.2) is 57.3 Å². The van der Waals surface area contributed by atoms with Crippen LogP contribution in [0.4, 0.5) is 5.69 Å². The highest BCUT2D eigenvalue weighted by molar-refractivity contribution is 5.96. The second kappa shape index (κ2) is 7.99. The summed E-state index contributed by atoms with van der Waals surface area (Å²) >= 11 is 0. The number of aryl methyl sites for hydroxylation is 1. The molecular weight excluding hydrogens is 304 g/mol. The van der Waals surface area contributed by atoms with Gasteiger partial charge in [-0.05, 0) is 62.9 Å². The molecule has 1 unspecified atom stereocenters. The van der Waals surface area contributed by atoms with Crippen molar-refractivity contribution in [3.05, 3.63) is 23.8 Å². The van der Waals surface area contributed by atoms with Crippen molar-refractivity contribution >= 4 is 11.6 Å².